The predicted octanol–water partition coefficient (Wildman–Crippen LogP) is 2.23. The lowest BCUT2D eigenvalue weighted by Gasteiger charge is -2.05. The molecular weight excluding hydrogens is 252 g/mol. The average molecular weight is 268 g/mol. The molecule has 0 amide bonds. The molecule has 0 saturated heterocycles. The van der Waals surface area contributed by atoms with Gasteiger partial charge in [-0.25, -0.2) is 8.42 Å². The number of oxazole rings is 1. The van der Waals surface area contributed by atoms with Crippen LogP contribution < -0.4 is 5.73 Å². The lowest BCUT2D eigenvalue weighted by Crippen LogP contribution is -2.13. The third-order valence-corrected chi connectivity index (χ3v) is 4.57. The Morgan fingerprint density at radius 3 is 2.83 bits per heavy atom. The lowest BCUT2D eigenvalue weighted by atomic mass is 10.2. The normalized spacial score (nSPS) is 13.9. The molecule has 0 spiro atoms. The Morgan fingerprint density at radius 2 is 2.17 bits per heavy atom. The van der Waals surface area contributed by atoms with E-state index in [0.29, 0.717) is 16.8 Å². The van der Waals surface area contributed by atoms with Gasteiger partial charge in [-0.1, -0.05) is 20.3 Å². The molecule has 0 fully saturated rings. The third-order valence-electron chi connectivity index (χ3n) is 2.86. The summed E-state index contributed by atoms with van der Waals surface area (Å²) in [5.74, 6) is 0.126. The highest BCUT2D eigenvalue weighted by molar-refractivity contribution is 7.91. The van der Waals surface area contributed by atoms with Crippen LogP contribution in [0.3, 0.4) is 0 Å². The van der Waals surface area contributed by atoms with E-state index in [2.05, 4.69) is 4.98 Å². The number of anilines is 1. The molecular formula is C12H16N2O3S. The summed E-state index contributed by atoms with van der Waals surface area (Å²) in [6.45, 7) is 3.84. The summed E-state index contributed by atoms with van der Waals surface area (Å²) in [7, 11) is -3.46. The van der Waals surface area contributed by atoms with Crippen LogP contribution in [-0.2, 0) is 9.84 Å². The van der Waals surface area contributed by atoms with E-state index in [-0.39, 0.29) is 16.9 Å². The van der Waals surface area contributed by atoms with Crippen molar-refractivity contribution in [2.75, 3.05) is 11.5 Å². The molecule has 2 rings (SSSR count). The molecule has 0 aliphatic heterocycles. The highest BCUT2D eigenvalue weighted by atomic mass is 32.2. The van der Waals surface area contributed by atoms with Crippen molar-refractivity contribution in [3.63, 3.8) is 0 Å². The predicted molar refractivity (Wildman–Crippen MR) is 69.9 cm³/mol. The maximum absolute atomic E-state index is 12.1. The van der Waals surface area contributed by atoms with E-state index >= 15 is 0 Å². The minimum atomic E-state index is -3.46. The zero-order valence-corrected chi connectivity index (χ0v) is 11.2. The molecule has 0 bridgehead atoms. The molecule has 18 heavy (non-hydrogen) atoms. The van der Waals surface area contributed by atoms with Crippen molar-refractivity contribution >= 4 is 26.6 Å². The van der Waals surface area contributed by atoms with E-state index in [0.717, 1.165) is 6.42 Å². The maximum atomic E-state index is 12.1. The number of nitrogens with zero attached hydrogens (tertiary/aromatic N) is 1. The number of nitrogen functional groups attached to an aromatic ring is 1. The highest BCUT2D eigenvalue weighted by Crippen LogP contribution is 2.23. The van der Waals surface area contributed by atoms with Crippen molar-refractivity contribution in [3.05, 3.63) is 18.2 Å². The smallest absolute Gasteiger partial charge is 0.316 e. The van der Waals surface area contributed by atoms with Crippen LogP contribution in [0.2, 0.25) is 0 Å². The van der Waals surface area contributed by atoms with E-state index < -0.39 is 9.84 Å². The highest BCUT2D eigenvalue weighted by Gasteiger charge is 2.23. The van der Waals surface area contributed by atoms with Crippen molar-refractivity contribution in [2.24, 2.45) is 5.92 Å². The second-order valence-corrected chi connectivity index (χ2v) is 6.41. The summed E-state index contributed by atoms with van der Waals surface area (Å²) in [6, 6.07) is 4.89. The lowest BCUT2D eigenvalue weighted by molar-refractivity contribution is 0.453. The molecule has 1 heterocycles. The number of hydrogen-bond donors (Lipinski definition) is 1. The number of hydrogen-bond acceptors (Lipinski definition) is 5. The van der Waals surface area contributed by atoms with Crippen LogP contribution in [0.15, 0.2) is 27.8 Å². The first-order valence-electron chi connectivity index (χ1n) is 5.81. The topological polar surface area (TPSA) is 86.2 Å². The summed E-state index contributed by atoms with van der Waals surface area (Å²) < 4.78 is 29.4. The monoisotopic (exact) mass is 268 g/mol. The molecule has 0 aliphatic carbocycles. The first kappa shape index (κ1) is 12.9. The second kappa shape index (κ2) is 4.61. The van der Waals surface area contributed by atoms with Gasteiger partial charge >= 0.3 is 5.22 Å². The molecule has 5 nitrogen and oxygen atoms in total. The first-order valence-corrected chi connectivity index (χ1v) is 7.46. The van der Waals surface area contributed by atoms with Crippen LogP contribution in [0.1, 0.15) is 20.3 Å². The van der Waals surface area contributed by atoms with Crippen LogP contribution >= 0.6 is 0 Å². The van der Waals surface area contributed by atoms with Gasteiger partial charge in [0, 0.05) is 11.8 Å². The van der Waals surface area contributed by atoms with Crippen molar-refractivity contribution in [1.82, 2.24) is 4.98 Å². The summed E-state index contributed by atoms with van der Waals surface area (Å²) >= 11 is 0. The van der Waals surface area contributed by atoms with Crippen molar-refractivity contribution < 1.29 is 12.8 Å². The molecule has 0 saturated carbocycles. The van der Waals surface area contributed by atoms with Gasteiger partial charge in [0.25, 0.3) is 0 Å². The van der Waals surface area contributed by atoms with E-state index in [1.807, 2.05) is 13.8 Å². The minimum Gasteiger partial charge on any atom is -0.428 e. The SMILES string of the molecule is CCC(C)CS(=O)(=O)c1nc2ccc(N)cc2o1. The summed E-state index contributed by atoms with van der Waals surface area (Å²) in [5, 5.41) is -0.219. The Kier molecular flexibility index (Phi) is 3.30. The van der Waals surface area contributed by atoms with Crippen LogP contribution in [0.5, 0.6) is 0 Å². The number of rotatable bonds is 4. The quantitative estimate of drug-likeness (QED) is 0.859. The Morgan fingerprint density at radius 1 is 1.44 bits per heavy atom. The molecule has 0 aliphatic rings. The van der Waals surface area contributed by atoms with Crippen molar-refractivity contribution in [2.45, 2.75) is 25.5 Å². The first-order chi connectivity index (χ1) is 8.42. The third kappa shape index (κ3) is 2.48. The van der Waals surface area contributed by atoms with Crippen molar-refractivity contribution in [3.8, 4) is 0 Å². The molecule has 2 N–H and O–H groups in total. The summed E-state index contributed by atoms with van der Waals surface area (Å²) in [4.78, 5) is 4.00. The number of sulfone groups is 1. The fourth-order valence-corrected chi connectivity index (χ4v) is 3.20. The number of aromatic nitrogens is 1. The maximum Gasteiger partial charge on any atom is 0.316 e. The molecule has 1 atom stereocenters. The molecule has 1 aromatic heterocycles. The van der Waals surface area contributed by atoms with Gasteiger partial charge < -0.3 is 10.2 Å². The van der Waals surface area contributed by atoms with E-state index in [4.69, 9.17) is 10.2 Å². The Bertz CT molecular complexity index is 661. The van der Waals surface area contributed by atoms with Gasteiger partial charge in [-0.15, -0.1) is 0 Å². The van der Waals surface area contributed by atoms with Gasteiger partial charge in [0.15, 0.2) is 5.58 Å². The fraction of sp³-hybridized carbons (Fsp3) is 0.417. The van der Waals surface area contributed by atoms with Crippen LogP contribution in [0.4, 0.5) is 5.69 Å². The standard InChI is InChI=1S/C12H16N2O3S/c1-3-8(2)7-18(15,16)12-14-10-5-4-9(13)6-11(10)17-12/h4-6,8H,3,7,13H2,1-2H3. The van der Waals surface area contributed by atoms with E-state index in [1.165, 1.54) is 0 Å². The Labute approximate surface area is 106 Å². The summed E-state index contributed by atoms with van der Waals surface area (Å²) in [5.41, 5.74) is 7.03. The van der Waals surface area contributed by atoms with E-state index in [1.54, 1.807) is 18.2 Å². The van der Waals surface area contributed by atoms with Crippen LogP contribution in [0, 0.1) is 5.92 Å². The van der Waals surface area contributed by atoms with Crippen LogP contribution in [-0.4, -0.2) is 19.2 Å². The van der Waals surface area contributed by atoms with Gasteiger partial charge in [0.05, 0.1) is 5.75 Å². The zero-order valence-electron chi connectivity index (χ0n) is 10.4. The van der Waals surface area contributed by atoms with Gasteiger partial charge in [-0.05, 0) is 18.1 Å². The fourth-order valence-electron chi connectivity index (χ4n) is 1.62. The van der Waals surface area contributed by atoms with Gasteiger partial charge in [0.2, 0.25) is 9.84 Å². The Balaban J connectivity index is 2.42. The molecule has 6 heteroatoms. The van der Waals surface area contributed by atoms with Crippen molar-refractivity contribution in [1.29, 1.82) is 0 Å². The van der Waals surface area contributed by atoms with Gasteiger partial charge in [-0.2, -0.15) is 4.98 Å². The van der Waals surface area contributed by atoms with Crippen LogP contribution in [0.25, 0.3) is 11.1 Å². The zero-order chi connectivity index (χ0) is 13.3. The van der Waals surface area contributed by atoms with Gasteiger partial charge in [0.1, 0.15) is 5.52 Å². The molecule has 1 aromatic carbocycles. The average Bonchev–Trinajstić information content (AvgIpc) is 2.71. The number of benzene rings is 1. The van der Waals surface area contributed by atoms with Gasteiger partial charge in [-0.3, -0.25) is 0 Å². The Hall–Kier alpha value is -1.56. The summed E-state index contributed by atoms with van der Waals surface area (Å²) in [6.07, 6.45) is 0.798. The molecule has 1 unspecified atom stereocenters. The number of nitrogens with two attached hydrogens (primary N) is 1. The molecule has 98 valence electrons. The number of fused-ring (bicyclic) bond motifs is 1. The minimum absolute atomic E-state index is 0.0474. The largest absolute Gasteiger partial charge is 0.428 e. The molecule has 0 radical (unpaired) electrons. The molecule has 2 aromatic rings. The second-order valence-electron chi connectivity index (χ2n) is 4.50. The van der Waals surface area contributed by atoms with E-state index in [9.17, 15) is 8.42 Å².